The molecule has 0 aliphatic rings. The van der Waals surface area contributed by atoms with Gasteiger partial charge in [0.05, 0.1) is 0 Å². The zero-order chi connectivity index (χ0) is 12.6. The van der Waals surface area contributed by atoms with Crippen molar-refractivity contribution in [2.24, 2.45) is 11.8 Å². The molecular weight excluding hydrogens is 192 g/mol. The summed E-state index contributed by atoms with van der Waals surface area (Å²) in [5.74, 6) is 1.73. The Morgan fingerprint density at radius 2 is 1.50 bits per heavy atom. The van der Waals surface area contributed by atoms with Gasteiger partial charge in [-0.05, 0) is 38.5 Å². The summed E-state index contributed by atoms with van der Waals surface area (Å²) in [5.41, 5.74) is 3.21. The van der Waals surface area contributed by atoms with Crippen molar-refractivity contribution in [1.29, 1.82) is 0 Å². The van der Waals surface area contributed by atoms with Crippen molar-refractivity contribution >= 4 is 0 Å². The summed E-state index contributed by atoms with van der Waals surface area (Å²) in [5, 5.41) is 0. The van der Waals surface area contributed by atoms with Gasteiger partial charge in [0.25, 0.3) is 0 Å². The van der Waals surface area contributed by atoms with Gasteiger partial charge >= 0.3 is 0 Å². The van der Waals surface area contributed by atoms with E-state index in [-0.39, 0.29) is 0 Å². The molecule has 96 valence electrons. The molecule has 0 rings (SSSR count). The Morgan fingerprint density at radius 3 is 2.00 bits per heavy atom. The molecule has 0 nitrogen and oxygen atoms in total. The second kappa shape index (κ2) is 8.84. The predicted molar refractivity (Wildman–Crippen MR) is 75.8 cm³/mol. The number of unbranched alkanes of at least 4 members (excludes halogenated alkanes) is 2. The van der Waals surface area contributed by atoms with Crippen LogP contribution in [0.25, 0.3) is 0 Å². The smallest absolute Gasteiger partial charge is 0.0292 e. The van der Waals surface area contributed by atoms with Crippen molar-refractivity contribution in [2.75, 3.05) is 0 Å². The van der Waals surface area contributed by atoms with E-state index in [0.29, 0.717) is 0 Å². The summed E-state index contributed by atoms with van der Waals surface area (Å²) < 4.78 is 0. The minimum absolute atomic E-state index is 0.846. The van der Waals surface area contributed by atoms with Crippen molar-refractivity contribution in [2.45, 2.75) is 80.1 Å². The molecule has 0 radical (unpaired) electrons. The number of hydrogen-bond acceptors (Lipinski definition) is 0. The van der Waals surface area contributed by atoms with Gasteiger partial charge in [-0.25, -0.2) is 0 Å². The summed E-state index contributed by atoms with van der Waals surface area (Å²) in [6.45, 7) is 14.0. The highest BCUT2D eigenvalue weighted by Crippen LogP contribution is 2.26. The lowest BCUT2D eigenvalue weighted by molar-refractivity contribution is 0.349. The van der Waals surface area contributed by atoms with E-state index in [0.717, 1.165) is 11.8 Å². The number of rotatable bonds is 8. The third-order valence-corrected chi connectivity index (χ3v) is 4.12. The lowest BCUT2D eigenvalue weighted by Gasteiger charge is -2.21. The molecule has 2 atom stereocenters. The first-order valence-electron chi connectivity index (χ1n) is 7.18. The molecule has 0 aromatic carbocycles. The fraction of sp³-hybridized carbons (Fsp3) is 0.875. The second-order valence-electron chi connectivity index (χ2n) is 5.57. The van der Waals surface area contributed by atoms with Crippen LogP contribution in [0, 0.1) is 11.8 Å². The Balaban J connectivity index is 3.99. The van der Waals surface area contributed by atoms with Gasteiger partial charge in [-0.3, -0.25) is 0 Å². The molecule has 0 saturated heterocycles. The molecule has 0 aliphatic heterocycles. The van der Waals surface area contributed by atoms with Crippen molar-refractivity contribution in [3.05, 3.63) is 11.1 Å². The SMILES string of the molecule is CCCCCC(C)C(C)CC(C)=C(C)CC. The van der Waals surface area contributed by atoms with Crippen molar-refractivity contribution in [1.82, 2.24) is 0 Å². The summed E-state index contributed by atoms with van der Waals surface area (Å²) in [6, 6.07) is 0. The van der Waals surface area contributed by atoms with Gasteiger partial charge in [0.15, 0.2) is 0 Å². The maximum atomic E-state index is 2.43. The molecule has 0 amide bonds. The molecule has 0 fully saturated rings. The maximum absolute atomic E-state index is 2.43. The van der Waals surface area contributed by atoms with Crippen LogP contribution in [0.15, 0.2) is 11.1 Å². The lowest BCUT2D eigenvalue weighted by atomic mass is 9.85. The maximum Gasteiger partial charge on any atom is -0.0292 e. The van der Waals surface area contributed by atoms with Gasteiger partial charge in [0, 0.05) is 0 Å². The van der Waals surface area contributed by atoms with Crippen LogP contribution in [0.2, 0.25) is 0 Å². The van der Waals surface area contributed by atoms with Gasteiger partial charge in [0.2, 0.25) is 0 Å². The van der Waals surface area contributed by atoms with Crippen molar-refractivity contribution < 1.29 is 0 Å². The van der Waals surface area contributed by atoms with Crippen LogP contribution in [-0.4, -0.2) is 0 Å². The minimum atomic E-state index is 0.846. The summed E-state index contributed by atoms with van der Waals surface area (Å²) >= 11 is 0. The largest absolute Gasteiger partial charge is 0.0747 e. The third-order valence-electron chi connectivity index (χ3n) is 4.12. The van der Waals surface area contributed by atoms with E-state index in [4.69, 9.17) is 0 Å². The Hall–Kier alpha value is -0.260. The van der Waals surface area contributed by atoms with E-state index >= 15 is 0 Å². The monoisotopic (exact) mass is 224 g/mol. The molecule has 0 heterocycles. The zero-order valence-corrected chi connectivity index (χ0v) is 12.4. The third kappa shape index (κ3) is 6.35. The van der Waals surface area contributed by atoms with Gasteiger partial charge in [-0.1, -0.05) is 64.5 Å². The van der Waals surface area contributed by atoms with Crippen molar-refractivity contribution in [3.63, 3.8) is 0 Å². The molecule has 16 heavy (non-hydrogen) atoms. The average Bonchev–Trinajstić information content (AvgIpc) is 2.27. The Labute approximate surface area is 104 Å². The highest BCUT2D eigenvalue weighted by molar-refractivity contribution is 5.09. The molecule has 0 spiro atoms. The van der Waals surface area contributed by atoms with Gasteiger partial charge < -0.3 is 0 Å². The predicted octanol–water partition coefficient (Wildman–Crippen LogP) is 5.98. The van der Waals surface area contributed by atoms with Crippen LogP contribution in [0.3, 0.4) is 0 Å². The first-order valence-corrected chi connectivity index (χ1v) is 7.18. The van der Waals surface area contributed by atoms with E-state index in [1.165, 1.54) is 38.5 Å². The quantitative estimate of drug-likeness (QED) is 0.351. The van der Waals surface area contributed by atoms with Crippen LogP contribution in [0.4, 0.5) is 0 Å². The Morgan fingerprint density at radius 1 is 0.875 bits per heavy atom. The highest BCUT2D eigenvalue weighted by Gasteiger charge is 2.12. The van der Waals surface area contributed by atoms with Crippen LogP contribution >= 0.6 is 0 Å². The molecule has 0 aromatic heterocycles. The van der Waals surface area contributed by atoms with Crippen LogP contribution in [0.5, 0.6) is 0 Å². The number of hydrogen-bond donors (Lipinski definition) is 0. The lowest BCUT2D eigenvalue weighted by Crippen LogP contribution is -2.09. The molecule has 0 bridgehead atoms. The van der Waals surface area contributed by atoms with E-state index < -0.39 is 0 Å². The Bertz CT molecular complexity index is 200. The Kier molecular flexibility index (Phi) is 8.70. The van der Waals surface area contributed by atoms with E-state index in [1.54, 1.807) is 11.1 Å². The topological polar surface area (TPSA) is 0 Å². The summed E-state index contributed by atoms with van der Waals surface area (Å²) in [6.07, 6.45) is 8.08. The normalized spacial score (nSPS) is 16.9. The molecule has 0 N–H and O–H groups in total. The van der Waals surface area contributed by atoms with Gasteiger partial charge in [0.1, 0.15) is 0 Å². The molecule has 0 heteroatoms. The van der Waals surface area contributed by atoms with E-state index in [1.807, 2.05) is 0 Å². The highest BCUT2D eigenvalue weighted by atomic mass is 14.2. The fourth-order valence-electron chi connectivity index (χ4n) is 2.16. The zero-order valence-electron chi connectivity index (χ0n) is 12.4. The first-order chi connectivity index (χ1) is 7.52. The van der Waals surface area contributed by atoms with E-state index in [2.05, 4.69) is 41.5 Å². The number of allylic oxidation sites excluding steroid dienone is 2. The minimum Gasteiger partial charge on any atom is -0.0747 e. The molecule has 2 unspecified atom stereocenters. The average molecular weight is 224 g/mol. The molecule has 0 saturated carbocycles. The van der Waals surface area contributed by atoms with Gasteiger partial charge in [-0.15, -0.1) is 0 Å². The summed E-state index contributed by atoms with van der Waals surface area (Å²) in [4.78, 5) is 0. The van der Waals surface area contributed by atoms with Crippen LogP contribution < -0.4 is 0 Å². The molecule has 0 aliphatic carbocycles. The first kappa shape index (κ1) is 15.7. The molecule has 0 aromatic rings. The van der Waals surface area contributed by atoms with Crippen LogP contribution in [-0.2, 0) is 0 Å². The summed E-state index contributed by atoms with van der Waals surface area (Å²) in [7, 11) is 0. The van der Waals surface area contributed by atoms with E-state index in [9.17, 15) is 0 Å². The van der Waals surface area contributed by atoms with Gasteiger partial charge in [-0.2, -0.15) is 0 Å². The second-order valence-corrected chi connectivity index (χ2v) is 5.57. The fourth-order valence-corrected chi connectivity index (χ4v) is 2.16. The van der Waals surface area contributed by atoms with Crippen molar-refractivity contribution in [3.8, 4) is 0 Å². The molecular formula is C16H32. The standard InChI is InChI=1S/C16H32/c1-7-9-10-11-14(4)16(6)12-15(5)13(3)8-2/h14,16H,7-12H2,1-6H3. The van der Waals surface area contributed by atoms with Crippen LogP contribution in [0.1, 0.15) is 80.1 Å².